The fraction of sp³-hybridized carbons (Fsp3) is 0.588. The van der Waals surface area contributed by atoms with Crippen LogP contribution in [0.1, 0.15) is 46.7 Å². The second kappa shape index (κ2) is 6.97. The molecule has 25 heavy (non-hydrogen) atoms. The van der Waals surface area contributed by atoms with Gasteiger partial charge in [-0.25, -0.2) is 4.79 Å². The first-order valence-corrected chi connectivity index (χ1v) is 8.76. The van der Waals surface area contributed by atoms with Crippen LogP contribution in [0, 0.1) is 0 Å². The molecule has 0 saturated carbocycles. The van der Waals surface area contributed by atoms with E-state index in [0.29, 0.717) is 12.5 Å². The van der Waals surface area contributed by atoms with Gasteiger partial charge in [-0.3, -0.25) is 4.90 Å². The number of nitrogens with one attached hydrogen (secondary N) is 1. The first-order chi connectivity index (χ1) is 12.2. The van der Waals surface area contributed by atoms with Gasteiger partial charge in [0.1, 0.15) is 17.4 Å². The Morgan fingerprint density at radius 2 is 2.16 bits per heavy atom. The van der Waals surface area contributed by atoms with Gasteiger partial charge in [0.15, 0.2) is 0 Å². The van der Waals surface area contributed by atoms with Gasteiger partial charge in [0.05, 0.1) is 20.2 Å². The van der Waals surface area contributed by atoms with Gasteiger partial charge in [-0.05, 0) is 38.1 Å². The molecule has 2 aromatic heterocycles. The van der Waals surface area contributed by atoms with Crippen molar-refractivity contribution >= 4 is 5.97 Å². The van der Waals surface area contributed by atoms with E-state index in [1.165, 1.54) is 7.11 Å². The number of nitrogens with zero attached hydrogens (tertiary/aromatic N) is 4. The monoisotopic (exact) mass is 345 g/mol. The zero-order chi connectivity index (χ0) is 17.2. The highest BCUT2D eigenvalue weighted by Gasteiger charge is 2.27. The number of hydrogen-bond donors (Lipinski definition) is 1. The van der Waals surface area contributed by atoms with Gasteiger partial charge in [-0.1, -0.05) is 0 Å². The Morgan fingerprint density at radius 1 is 1.32 bits per heavy atom. The van der Waals surface area contributed by atoms with Crippen LogP contribution >= 0.6 is 0 Å². The lowest BCUT2D eigenvalue weighted by molar-refractivity contribution is 0.0560. The molecule has 0 amide bonds. The Labute approximate surface area is 146 Å². The van der Waals surface area contributed by atoms with Gasteiger partial charge in [-0.2, -0.15) is 0 Å². The molecule has 2 aliphatic heterocycles. The van der Waals surface area contributed by atoms with E-state index in [9.17, 15) is 4.79 Å². The van der Waals surface area contributed by atoms with E-state index in [0.717, 1.165) is 63.0 Å². The molecule has 0 aromatic carbocycles. The van der Waals surface area contributed by atoms with Crippen molar-refractivity contribution in [1.29, 1.82) is 0 Å². The molecule has 1 N–H and O–H groups in total. The van der Waals surface area contributed by atoms with Gasteiger partial charge < -0.3 is 19.0 Å². The van der Waals surface area contributed by atoms with E-state index in [1.54, 1.807) is 6.07 Å². The van der Waals surface area contributed by atoms with E-state index in [4.69, 9.17) is 4.42 Å². The minimum atomic E-state index is -0.434. The SMILES string of the molecule is COC(=O)c1ccc(CN2CCC(c3nnc4n3CCNC4)CC2)o1. The minimum Gasteiger partial charge on any atom is -0.463 e. The highest BCUT2D eigenvalue weighted by Crippen LogP contribution is 2.28. The third kappa shape index (κ3) is 3.32. The molecule has 0 radical (unpaired) electrons. The van der Waals surface area contributed by atoms with Gasteiger partial charge >= 0.3 is 5.97 Å². The number of likely N-dealkylation sites (tertiary alicyclic amines) is 1. The average Bonchev–Trinajstić information content (AvgIpc) is 3.29. The predicted molar refractivity (Wildman–Crippen MR) is 89.0 cm³/mol. The average molecular weight is 345 g/mol. The third-order valence-corrected chi connectivity index (χ3v) is 5.03. The first-order valence-electron chi connectivity index (χ1n) is 8.76. The van der Waals surface area contributed by atoms with Crippen LogP contribution in [0.15, 0.2) is 16.5 Å². The summed E-state index contributed by atoms with van der Waals surface area (Å²) in [5, 5.41) is 12.1. The van der Waals surface area contributed by atoms with Crippen molar-refractivity contribution in [3.63, 3.8) is 0 Å². The maximum Gasteiger partial charge on any atom is 0.373 e. The van der Waals surface area contributed by atoms with E-state index in [2.05, 4.69) is 29.7 Å². The molecule has 1 saturated heterocycles. The lowest BCUT2D eigenvalue weighted by Gasteiger charge is -2.31. The van der Waals surface area contributed by atoms with E-state index < -0.39 is 5.97 Å². The zero-order valence-electron chi connectivity index (χ0n) is 14.4. The van der Waals surface area contributed by atoms with Crippen molar-refractivity contribution in [2.24, 2.45) is 0 Å². The van der Waals surface area contributed by atoms with E-state index >= 15 is 0 Å². The van der Waals surface area contributed by atoms with Gasteiger partial charge in [-0.15, -0.1) is 10.2 Å². The summed E-state index contributed by atoms with van der Waals surface area (Å²) < 4.78 is 12.5. The molecule has 4 heterocycles. The zero-order valence-corrected chi connectivity index (χ0v) is 14.4. The molecule has 2 aromatic rings. The maximum atomic E-state index is 11.5. The topological polar surface area (TPSA) is 85.4 Å². The summed E-state index contributed by atoms with van der Waals surface area (Å²) in [4.78, 5) is 13.8. The molecule has 4 rings (SSSR count). The summed E-state index contributed by atoms with van der Waals surface area (Å²) in [5.41, 5.74) is 0. The number of carbonyl (C=O) groups excluding carboxylic acids is 1. The molecule has 8 heteroatoms. The van der Waals surface area contributed by atoms with Crippen molar-refractivity contribution in [2.75, 3.05) is 26.7 Å². The van der Waals surface area contributed by atoms with Gasteiger partial charge in [0.25, 0.3) is 0 Å². The number of rotatable bonds is 4. The van der Waals surface area contributed by atoms with Crippen LogP contribution in [0.3, 0.4) is 0 Å². The molecule has 0 unspecified atom stereocenters. The number of ether oxygens (including phenoxy) is 1. The second-order valence-electron chi connectivity index (χ2n) is 6.61. The maximum absolute atomic E-state index is 11.5. The molecule has 0 aliphatic carbocycles. The molecular weight excluding hydrogens is 322 g/mol. The number of aromatic nitrogens is 3. The van der Waals surface area contributed by atoms with E-state index in [1.807, 2.05) is 6.07 Å². The molecule has 0 atom stereocenters. The molecule has 134 valence electrons. The van der Waals surface area contributed by atoms with Crippen LogP contribution in [0.25, 0.3) is 0 Å². The number of furan rings is 1. The molecule has 1 fully saturated rings. The normalized spacial score (nSPS) is 18.9. The summed E-state index contributed by atoms with van der Waals surface area (Å²) in [6.45, 7) is 5.44. The van der Waals surface area contributed by atoms with Crippen molar-refractivity contribution in [3.05, 3.63) is 35.3 Å². The van der Waals surface area contributed by atoms with Crippen LogP contribution in [0.2, 0.25) is 0 Å². The fourth-order valence-electron chi connectivity index (χ4n) is 3.66. The van der Waals surface area contributed by atoms with Crippen molar-refractivity contribution in [1.82, 2.24) is 25.0 Å². The molecule has 0 spiro atoms. The number of hydrogen-bond acceptors (Lipinski definition) is 7. The standard InChI is InChI=1S/C17H23N5O3/c1-24-17(23)14-3-2-13(25-14)11-21-7-4-12(5-8-21)16-20-19-15-10-18-6-9-22(15)16/h2-3,12,18H,4-11H2,1H3. The lowest BCUT2D eigenvalue weighted by atomic mass is 9.95. The summed E-state index contributed by atoms with van der Waals surface area (Å²) in [6, 6.07) is 3.52. The van der Waals surface area contributed by atoms with E-state index in [-0.39, 0.29) is 5.76 Å². The Morgan fingerprint density at radius 3 is 2.96 bits per heavy atom. The van der Waals surface area contributed by atoms with Gasteiger partial charge in [0.2, 0.25) is 5.76 Å². The summed E-state index contributed by atoms with van der Waals surface area (Å²) >= 11 is 0. The summed E-state index contributed by atoms with van der Waals surface area (Å²) in [7, 11) is 1.36. The number of fused-ring (bicyclic) bond motifs is 1. The Bertz CT molecular complexity index is 745. The number of carbonyl (C=O) groups is 1. The van der Waals surface area contributed by atoms with Crippen molar-refractivity contribution < 1.29 is 13.9 Å². The number of piperidine rings is 1. The van der Waals surface area contributed by atoms with Crippen LogP contribution in [-0.2, 0) is 24.4 Å². The predicted octanol–water partition coefficient (Wildman–Crippen LogP) is 1.14. The molecule has 2 aliphatic rings. The van der Waals surface area contributed by atoms with Gasteiger partial charge in [0, 0.05) is 19.0 Å². The Hall–Kier alpha value is -2.19. The second-order valence-corrected chi connectivity index (χ2v) is 6.61. The molecule has 0 bridgehead atoms. The van der Waals surface area contributed by atoms with Crippen molar-refractivity contribution in [3.8, 4) is 0 Å². The highest BCUT2D eigenvalue weighted by molar-refractivity contribution is 5.86. The summed E-state index contributed by atoms with van der Waals surface area (Å²) in [6.07, 6.45) is 2.13. The Kier molecular flexibility index (Phi) is 4.54. The lowest BCUT2D eigenvalue weighted by Crippen LogP contribution is -2.34. The smallest absolute Gasteiger partial charge is 0.373 e. The van der Waals surface area contributed by atoms with Crippen LogP contribution in [-0.4, -0.2) is 52.4 Å². The van der Waals surface area contributed by atoms with Crippen LogP contribution < -0.4 is 5.32 Å². The Balaban J connectivity index is 1.35. The number of esters is 1. The fourth-order valence-corrected chi connectivity index (χ4v) is 3.66. The highest BCUT2D eigenvalue weighted by atomic mass is 16.5. The minimum absolute atomic E-state index is 0.260. The number of methoxy groups -OCH3 is 1. The largest absolute Gasteiger partial charge is 0.463 e. The molecular formula is C17H23N5O3. The third-order valence-electron chi connectivity index (χ3n) is 5.03. The first kappa shape index (κ1) is 16.3. The van der Waals surface area contributed by atoms with Crippen molar-refractivity contribution in [2.45, 2.75) is 38.4 Å². The van der Waals surface area contributed by atoms with Crippen LogP contribution in [0.5, 0.6) is 0 Å². The quantitative estimate of drug-likeness (QED) is 0.832. The summed E-state index contributed by atoms with van der Waals surface area (Å²) in [5.74, 6) is 3.28. The van der Waals surface area contributed by atoms with Crippen LogP contribution in [0.4, 0.5) is 0 Å². The molecule has 8 nitrogen and oxygen atoms in total.